The lowest BCUT2D eigenvalue weighted by Gasteiger charge is -2.16. The molecule has 2 N–H and O–H groups in total. The van der Waals surface area contributed by atoms with Crippen molar-refractivity contribution in [3.05, 3.63) is 59.9 Å². The third-order valence-electron chi connectivity index (χ3n) is 3.61. The molecule has 0 radical (unpaired) electrons. The summed E-state index contributed by atoms with van der Waals surface area (Å²) in [4.78, 5) is 24.9. The molecule has 26 heavy (non-hydrogen) atoms. The summed E-state index contributed by atoms with van der Waals surface area (Å²) in [5.74, 6) is -0.469. The van der Waals surface area contributed by atoms with Crippen LogP contribution in [0.3, 0.4) is 0 Å². The second-order valence-corrected chi connectivity index (χ2v) is 6.73. The number of methoxy groups -OCH3 is 1. The molecule has 0 unspecified atom stereocenters. The molecule has 1 amide bonds. The zero-order valence-corrected chi connectivity index (χ0v) is 15.1. The Hall–Kier alpha value is -2.54. The van der Waals surface area contributed by atoms with Gasteiger partial charge in [0.15, 0.2) is 0 Å². The van der Waals surface area contributed by atoms with Crippen LogP contribution in [-0.4, -0.2) is 35.9 Å². The fourth-order valence-electron chi connectivity index (χ4n) is 2.26. The number of aromatic hydroxyl groups is 1. The molecule has 0 spiro atoms. The predicted octanol–water partition coefficient (Wildman–Crippen LogP) is 2.91. The minimum atomic E-state index is -0.798. The van der Waals surface area contributed by atoms with Gasteiger partial charge in [-0.3, -0.25) is 4.79 Å². The van der Waals surface area contributed by atoms with E-state index in [-0.39, 0.29) is 30.3 Å². The molecule has 0 bridgehead atoms. The number of benzene rings is 2. The van der Waals surface area contributed by atoms with Crippen molar-refractivity contribution < 1.29 is 23.8 Å². The van der Waals surface area contributed by atoms with Gasteiger partial charge in [0.25, 0.3) is 0 Å². The van der Waals surface area contributed by atoms with Gasteiger partial charge in [-0.1, -0.05) is 12.1 Å². The second-order valence-electron chi connectivity index (χ2n) is 5.57. The number of thioether (sulfide) groups is 1. The van der Waals surface area contributed by atoms with Crippen LogP contribution in [-0.2, 0) is 20.7 Å². The average molecular weight is 377 g/mol. The highest BCUT2D eigenvalue weighted by molar-refractivity contribution is 7.99. The van der Waals surface area contributed by atoms with E-state index in [4.69, 9.17) is 4.74 Å². The van der Waals surface area contributed by atoms with E-state index < -0.39 is 12.0 Å². The molecule has 0 saturated heterocycles. The van der Waals surface area contributed by atoms with Gasteiger partial charge < -0.3 is 15.2 Å². The molecular formula is C19H20FNO4S. The highest BCUT2D eigenvalue weighted by atomic mass is 32.2. The number of rotatable bonds is 8. The molecule has 138 valence electrons. The monoisotopic (exact) mass is 377 g/mol. The summed E-state index contributed by atoms with van der Waals surface area (Å²) >= 11 is 1.43. The average Bonchev–Trinajstić information content (AvgIpc) is 2.64. The van der Waals surface area contributed by atoms with E-state index >= 15 is 0 Å². The number of nitrogens with one attached hydrogen (secondary N) is 1. The van der Waals surface area contributed by atoms with E-state index in [0.717, 1.165) is 10.5 Å². The first-order valence-corrected chi connectivity index (χ1v) is 9.00. The van der Waals surface area contributed by atoms with Crippen LogP contribution in [0.2, 0.25) is 0 Å². The number of carbonyl (C=O) groups excluding carboxylic acids is 2. The van der Waals surface area contributed by atoms with Crippen molar-refractivity contribution in [2.75, 3.05) is 12.9 Å². The standard InChI is InChI=1S/C19H20FNO4S/c1-25-19(24)17(12-13-2-6-15(22)7-3-13)21-18(23)10-11-26-16-8-4-14(20)5-9-16/h2-9,17,22H,10-12H2,1H3,(H,21,23)/t17-/m0/s1. The number of ether oxygens (including phenoxy) is 1. The topological polar surface area (TPSA) is 75.6 Å². The van der Waals surface area contributed by atoms with Crippen molar-refractivity contribution in [3.8, 4) is 5.75 Å². The maximum Gasteiger partial charge on any atom is 0.328 e. The van der Waals surface area contributed by atoms with Crippen LogP contribution in [0.25, 0.3) is 0 Å². The van der Waals surface area contributed by atoms with Crippen molar-refractivity contribution in [2.24, 2.45) is 0 Å². The van der Waals surface area contributed by atoms with E-state index in [0.29, 0.717) is 5.75 Å². The maximum atomic E-state index is 12.9. The molecule has 0 aromatic heterocycles. The van der Waals surface area contributed by atoms with E-state index in [1.807, 2.05) is 0 Å². The number of carbonyl (C=O) groups is 2. The molecule has 0 aliphatic rings. The lowest BCUT2D eigenvalue weighted by atomic mass is 10.1. The summed E-state index contributed by atoms with van der Waals surface area (Å²) in [5.41, 5.74) is 0.791. The maximum absolute atomic E-state index is 12.9. The molecule has 2 rings (SSSR count). The Morgan fingerprint density at radius 1 is 1.15 bits per heavy atom. The van der Waals surface area contributed by atoms with Gasteiger partial charge in [-0.2, -0.15) is 0 Å². The Balaban J connectivity index is 1.86. The number of phenolic OH excluding ortho intramolecular Hbond substituents is 1. The fourth-order valence-corrected chi connectivity index (χ4v) is 3.11. The normalized spacial score (nSPS) is 11.6. The van der Waals surface area contributed by atoms with Gasteiger partial charge in [0, 0.05) is 23.5 Å². The molecule has 0 heterocycles. The molecule has 0 aliphatic carbocycles. The van der Waals surface area contributed by atoms with Gasteiger partial charge >= 0.3 is 5.97 Å². The number of esters is 1. The van der Waals surface area contributed by atoms with Gasteiger partial charge in [0.2, 0.25) is 5.91 Å². The number of amides is 1. The third kappa shape index (κ3) is 6.40. The summed E-state index contributed by atoms with van der Waals surface area (Å²) in [6, 6.07) is 11.6. The van der Waals surface area contributed by atoms with Crippen LogP contribution in [0.4, 0.5) is 4.39 Å². The minimum absolute atomic E-state index is 0.130. The van der Waals surface area contributed by atoms with Crippen molar-refractivity contribution >= 4 is 23.6 Å². The van der Waals surface area contributed by atoms with E-state index in [9.17, 15) is 19.1 Å². The highest BCUT2D eigenvalue weighted by Gasteiger charge is 2.21. The Bertz CT molecular complexity index is 734. The SMILES string of the molecule is COC(=O)[C@H](Cc1ccc(O)cc1)NC(=O)CCSc1ccc(F)cc1. The van der Waals surface area contributed by atoms with Gasteiger partial charge in [0.1, 0.15) is 17.6 Å². The van der Waals surface area contributed by atoms with E-state index in [1.54, 1.807) is 24.3 Å². The quantitative estimate of drug-likeness (QED) is 0.546. The first-order valence-electron chi connectivity index (χ1n) is 8.01. The summed E-state index contributed by atoms with van der Waals surface area (Å²) in [5, 5.41) is 12.0. The molecule has 7 heteroatoms. The smallest absolute Gasteiger partial charge is 0.328 e. The van der Waals surface area contributed by atoms with E-state index in [2.05, 4.69) is 5.32 Å². The number of phenols is 1. The van der Waals surface area contributed by atoms with E-state index in [1.165, 1.54) is 43.1 Å². The van der Waals surface area contributed by atoms with Crippen molar-refractivity contribution in [1.29, 1.82) is 0 Å². The summed E-state index contributed by atoms with van der Waals surface area (Å²) in [6.07, 6.45) is 0.481. The molecule has 0 fully saturated rings. The number of hydrogen-bond donors (Lipinski definition) is 2. The lowest BCUT2D eigenvalue weighted by Crippen LogP contribution is -2.43. The van der Waals surface area contributed by atoms with Crippen molar-refractivity contribution in [2.45, 2.75) is 23.8 Å². The Morgan fingerprint density at radius 3 is 2.42 bits per heavy atom. The fraction of sp³-hybridized carbons (Fsp3) is 0.263. The largest absolute Gasteiger partial charge is 0.508 e. The van der Waals surface area contributed by atoms with Crippen molar-refractivity contribution in [1.82, 2.24) is 5.32 Å². The number of halogens is 1. The Morgan fingerprint density at radius 2 is 1.81 bits per heavy atom. The van der Waals surface area contributed by atoms with Crippen LogP contribution >= 0.6 is 11.8 Å². The summed E-state index contributed by atoms with van der Waals surface area (Å²) in [7, 11) is 1.27. The first kappa shape index (κ1) is 19.8. The summed E-state index contributed by atoms with van der Waals surface area (Å²) < 4.78 is 17.6. The molecule has 5 nitrogen and oxygen atoms in total. The second kappa shape index (κ2) is 9.82. The number of hydrogen-bond acceptors (Lipinski definition) is 5. The summed E-state index contributed by atoms with van der Waals surface area (Å²) in [6.45, 7) is 0. The van der Waals surface area contributed by atoms with Crippen molar-refractivity contribution in [3.63, 3.8) is 0 Å². The van der Waals surface area contributed by atoms with Gasteiger partial charge in [0.05, 0.1) is 7.11 Å². The van der Waals surface area contributed by atoms with Crippen LogP contribution in [0.5, 0.6) is 5.75 Å². The van der Waals surface area contributed by atoms with Gasteiger partial charge in [-0.15, -0.1) is 11.8 Å². The minimum Gasteiger partial charge on any atom is -0.508 e. The van der Waals surface area contributed by atoms with Crippen LogP contribution in [0.1, 0.15) is 12.0 Å². The Labute approximate surface area is 155 Å². The zero-order chi connectivity index (χ0) is 18.9. The van der Waals surface area contributed by atoms with Crippen LogP contribution in [0, 0.1) is 5.82 Å². The zero-order valence-electron chi connectivity index (χ0n) is 14.3. The van der Waals surface area contributed by atoms with Gasteiger partial charge in [-0.25, -0.2) is 9.18 Å². The molecule has 2 aromatic rings. The van der Waals surface area contributed by atoms with Gasteiger partial charge in [-0.05, 0) is 42.0 Å². The first-order chi connectivity index (χ1) is 12.5. The molecule has 0 saturated carbocycles. The lowest BCUT2D eigenvalue weighted by molar-refractivity contribution is -0.145. The predicted molar refractivity (Wildman–Crippen MR) is 97.5 cm³/mol. The third-order valence-corrected chi connectivity index (χ3v) is 4.62. The van der Waals surface area contributed by atoms with Crippen LogP contribution in [0.15, 0.2) is 53.4 Å². The Kier molecular flexibility index (Phi) is 7.47. The van der Waals surface area contributed by atoms with Crippen LogP contribution < -0.4 is 5.32 Å². The molecule has 1 atom stereocenters. The highest BCUT2D eigenvalue weighted by Crippen LogP contribution is 2.19. The molecule has 0 aliphatic heterocycles. The molecular weight excluding hydrogens is 357 g/mol. The molecule has 2 aromatic carbocycles.